The van der Waals surface area contributed by atoms with Crippen LogP contribution in [-0.2, 0) is 0 Å². The first kappa shape index (κ1) is 17.2. The van der Waals surface area contributed by atoms with Crippen molar-refractivity contribution in [2.45, 2.75) is 0 Å². The van der Waals surface area contributed by atoms with E-state index in [0.29, 0.717) is 16.6 Å². The average molecular weight is 353 g/mol. The minimum absolute atomic E-state index is 0. The van der Waals surface area contributed by atoms with E-state index in [2.05, 4.69) is 15.7 Å². The molecule has 3 nitrogen and oxygen atoms in total. The lowest BCUT2D eigenvalue weighted by molar-refractivity contribution is -0.00000585. The van der Waals surface area contributed by atoms with Crippen molar-refractivity contribution in [1.29, 1.82) is 0 Å². The molecular weight excluding hydrogens is 342 g/mol. The number of hydrogen-bond donors (Lipinski definition) is 1. The summed E-state index contributed by atoms with van der Waals surface area (Å²) in [6, 6.07) is 10.8. The Labute approximate surface area is 142 Å². The van der Waals surface area contributed by atoms with Gasteiger partial charge in [-0.1, -0.05) is 12.1 Å². The molecule has 0 saturated carbocycles. The number of aliphatic imine (C=N–C) groups is 1. The van der Waals surface area contributed by atoms with Crippen LogP contribution in [0.5, 0.6) is 5.75 Å². The van der Waals surface area contributed by atoms with Crippen molar-refractivity contribution in [3.05, 3.63) is 65.1 Å². The highest BCUT2D eigenvalue weighted by Gasteiger charge is 2.27. The van der Waals surface area contributed by atoms with Crippen LogP contribution in [0.25, 0.3) is 5.70 Å². The summed E-state index contributed by atoms with van der Waals surface area (Å²) in [5.74, 6) is -0.610. The molecule has 2 aromatic carbocycles. The Morgan fingerprint density at radius 1 is 1.17 bits per heavy atom. The van der Waals surface area contributed by atoms with Crippen molar-refractivity contribution < 1.29 is 25.9 Å². The zero-order valence-electron chi connectivity index (χ0n) is 11.9. The molecule has 0 aromatic heterocycles. The van der Waals surface area contributed by atoms with E-state index in [4.69, 9.17) is 4.74 Å². The van der Waals surface area contributed by atoms with Crippen LogP contribution in [0.3, 0.4) is 0 Å². The summed E-state index contributed by atoms with van der Waals surface area (Å²) in [5.41, 5.74) is 1.30. The molecule has 0 atom stereocenters. The predicted octanol–water partition coefficient (Wildman–Crippen LogP) is 1.29. The van der Waals surface area contributed by atoms with Gasteiger partial charge in [-0.25, -0.2) is 4.39 Å². The maximum Gasteiger partial charge on any atom is 0.309 e. The Kier molecular flexibility index (Phi) is 5.55. The van der Waals surface area contributed by atoms with Crippen LogP contribution in [0.4, 0.5) is 14.5 Å². The fourth-order valence-corrected chi connectivity index (χ4v) is 2.60. The monoisotopic (exact) mass is 352 g/mol. The number of hydrogen-bond acceptors (Lipinski definition) is 4. The van der Waals surface area contributed by atoms with Gasteiger partial charge in [0, 0.05) is 12.1 Å². The quantitative estimate of drug-likeness (QED) is 0.845. The molecule has 118 valence electrons. The van der Waals surface area contributed by atoms with Crippen molar-refractivity contribution >= 4 is 28.3 Å². The van der Waals surface area contributed by atoms with E-state index in [0.717, 1.165) is 11.8 Å². The van der Waals surface area contributed by atoms with Gasteiger partial charge in [0.2, 0.25) is 11.0 Å². The fraction of sp³-hybridized carbons (Fsp3) is 0.0625. The van der Waals surface area contributed by atoms with Crippen LogP contribution in [-0.4, -0.2) is 12.3 Å². The topological polar surface area (TPSA) is 33.6 Å². The van der Waals surface area contributed by atoms with Gasteiger partial charge in [0.1, 0.15) is 23.3 Å². The van der Waals surface area contributed by atoms with Crippen molar-refractivity contribution in [2.24, 2.45) is 4.99 Å². The first-order valence-electron chi connectivity index (χ1n) is 6.41. The van der Waals surface area contributed by atoms with E-state index in [1.807, 2.05) is 24.3 Å². The van der Waals surface area contributed by atoms with E-state index in [-0.39, 0.29) is 18.0 Å². The van der Waals surface area contributed by atoms with Gasteiger partial charge < -0.3 is 22.5 Å². The molecule has 1 heterocycles. The van der Waals surface area contributed by atoms with Crippen molar-refractivity contribution in [3.8, 4) is 5.75 Å². The summed E-state index contributed by atoms with van der Waals surface area (Å²) in [6.07, 6.45) is 0. The molecular formula is C16H11ClF2N2OS. The maximum absolute atomic E-state index is 13.8. The smallest absolute Gasteiger partial charge is 0.309 e. The molecule has 1 N–H and O–H groups in total. The first-order valence-corrected chi connectivity index (χ1v) is 7.23. The Bertz CT molecular complexity index is 780. The molecule has 0 fully saturated rings. The van der Waals surface area contributed by atoms with E-state index < -0.39 is 11.6 Å². The minimum atomic E-state index is -0.662. The number of anilines is 1. The summed E-state index contributed by atoms with van der Waals surface area (Å²) in [5, 5.41) is 6.55. The second-order valence-corrected chi connectivity index (χ2v) is 5.21. The Morgan fingerprint density at radius 3 is 2.70 bits per heavy atom. The minimum Gasteiger partial charge on any atom is -1.00 e. The molecule has 0 spiro atoms. The summed E-state index contributed by atoms with van der Waals surface area (Å²) in [7, 11) is 1.58. The SMILES string of the molecule is COc1ccccc1NC1=NC(c2ccc(F)cc2F)=[C+]S1.[Cl-]. The van der Waals surface area contributed by atoms with E-state index in [1.165, 1.54) is 23.9 Å². The van der Waals surface area contributed by atoms with Gasteiger partial charge in [-0.2, -0.15) is 9.38 Å². The van der Waals surface area contributed by atoms with E-state index in [9.17, 15) is 8.78 Å². The van der Waals surface area contributed by atoms with E-state index in [1.54, 1.807) is 7.11 Å². The fourth-order valence-electron chi connectivity index (χ4n) is 1.96. The second kappa shape index (κ2) is 7.42. The summed E-state index contributed by atoms with van der Waals surface area (Å²) >= 11 is 1.21. The van der Waals surface area contributed by atoms with Crippen molar-refractivity contribution in [3.63, 3.8) is 0 Å². The normalized spacial score (nSPS) is 12.7. The number of ether oxygens (including phenoxy) is 1. The van der Waals surface area contributed by atoms with Gasteiger partial charge in [-0.3, -0.25) is 0 Å². The number of halogens is 3. The molecule has 1 aliphatic heterocycles. The van der Waals surface area contributed by atoms with Crippen LogP contribution >= 0.6 is 11.8 Å². The van der Waals surface area contributed by atoms with Crippen LogP contribution in [0.2, 0.25) is 0 Å². The van der Waals surface area contributed by atoms with Crippen LogP contribution in [0, 0.1) is 17.0 Å². The number of para-hydroxylation sites is 2. The zero-order valence-corrected chi connectivity index (χ0v) is 13.5. The van der Waals surface area contributed by atoms with Gasteiger partial charge in [0.15, 0.2) is 11.0 Å². The highest BCUT2D eigenvalue weighted by Crippen LogP contribution is 2.31. The highest BCUT2D eigenvalue weighted by atomic mass is 35.5. The zero-order chi connectivity index (χ0) is 15.5. The van der Waals surface area contributed by atoms with Crippen molar-refractivity contribution in [1.82, 2.24) is 0 Å². The molecule has 0 aliphatic carbocycles. The van der Waals surface area contributed by atoms with Gasteiger partial charge in [-0.15, -0.1) is 0 Å². The molecule has 7 heteroatoms. The number of benzene rings is 2. The maximum atomic E-state index is 13.8. The lowest BCUT2D eigenvalue weighted by atomic mass is 10.1. The Hall–Kier alpha value is -2.14. The number of methoxy groups -OCH3 is 1. The summed E-state index contributed by atoms with van der Waals surface area (Å²) in [6.45, 7) is 0. The van der Waals surface area contributed by atoms with Gasteiger partial charge in [-0.05, 0) is 18.2 Å². The Morgan fingerprint density at radius 2 is 1.96 bits per heavy atom. The molecule has 0 saturated heterocycles. The number of rotatable bonds is 3. The molecule has 0 bridgehead atoms. The molecule has 0 radical (unpaired) electrons. The highest BCUT2D eigenvalue weighted by molar-refractivity contribution is 8.16. The Balaban J connectivity index is 0.00000192. The number of amidine groups is 1. The third kappa shape index (κ3) is 3.79. The summed E-state index contributed by atoms with van der Waals surface area (Å²) < 4.78 is 31.9. The first-order chi connectivity index (χ1) is 10.7. The van der Waals surface area contributed by atoms with Crippen molar-refractivity contribution in [2.75, 3.05) is 12.4 Å². The lowest BCUT2D eigenvalue weighted by Gasteiger charge is -2.08. The molecule has 1 aliphatic rings. The molecule has 3 rings (SSSR count). The van der Waals surface area contributed by atoms with Crippen LogP contribution in [0.15, 0.2) is 47.5 Å². The molecule has 0 unspecified atom stereocenters. The summed E-state index contributed by atoms with van der Waals surface area (Å²) in [4.78, 5) is 4.28. The number of thioether (sulfide) groups is 1. The van der Waals surface area contributed by atoms with Crippen LogP contribution in [0.1, 0.15) is 5.56 Å². The second-order valence-electron chi connectivity index (χ2n) is 4.42. The standard InChI is InChI=1S/C16H11F2N2OS.ClH/c1-21-15-5-3-2-4-13(15)19-16-20-14(9-22-16)11-7-6-10(17)8-12(11)18;/h2-8H,1H3,(H,19,20);1H/q+1;/p-1. The number of nitrogens with one attached hydrogen (secondary N) is 1. The molecule has 23 heavy (non-hydrogen) atoms. The predicted molar refractivity (Wildman–Crippen MR) is 84.7 cm³/mol. The third-order valence-electron chi connectivity index (χ3n) is 2.99. The number of nitrogens with zero attached hydrogens (tertiary/aromatic N) is 1. The van der Waals surface area contributed by atoms with Gasteiger partial charge in [0.05, 0.1) is 12.8 Å². The largest absolute Gasteiger partial charge is 1.00 e. The van der Waals surface area contributed by atoms with Gasteiger partial charge in [0.25, 0.3) is 0 Å². The molecule has 0 amide bonds. The third-order valence-corrected chi connectivity index (χ3v) is 3.67. The molecule has 2 aromatic rings. The average Bonchev–Trinajstić information content (AvgIpc) is 2.96. The van der Waals surface area contributed by atoms with E-state index >= 15 is 0 Å². The lowest BCUT2D eigenvalue weighted by Crippen LogP contribution is -3.00. The van der Waals surface area contributed by atoms with Gasteiger partial charge >= 0.3 is 5.70 Å². The van der Waals surface area contributed by atoms with Crippen LogP contribution < -0.4 is 22.5 Å².